The lowest BCUT2D eigenvalue weighted by Crippen LogP contribution is -2.36. The van der Waals surface area contributed by atoms with Crippen LogP contribution < -0.4 is 0 Å². The molecule has 0 saturated carbocycles. The van der Waals surface area contributed by atoms with E-state index < -0.39 is 35.4 Å². The first kappa shape index (κ1) is 23.3. The van der Waals surface area contributed by atoms with Crippen LogP contribution in [0, 0.1) is 0 Å². The molecule has 0 aromatic carbocycles. The maximum Gasteiger partial charge on any atom is 0.459 e. The number of halogens is 10. The molecule has 0 atom stereocenters. The number of aromatic nitrogens is 5. The fraction of sp³-hybridized carbons (Fsp3) is 0.312. The maximum absolute atomic E-state index is 13.8. The van der Waals surface area contributed by atoms with E-state index in [9.17, 15) is 35.1 Å². The minimum absolute atomic E-state index is 0.0242. The Balaban J connectivity index is 2.19. The van der Waals surface area contributed by atoms with Gasteiger partial charge >= 0.3 is 18.3 Å². The van der Waals surface area contributed by atoms with Gasteiger partial charge in [-0.05, 0) is 6.07 Å². The molecule has 0 N–H and O–H groups in total. The number of hydrogen-bond donors (Lipinski definition) is 0. The normalized spacial score (nSPS) is 13.1. The Hall–Kier alpha value is -2.41. The third-order valence-electron chi connectivity index (χ3n) is 4.14. The Morgan fingerprint density at radius 1 is 1.00 bits per heavy atom. The van der Waals surface area contributed by atoms with Gasteiger partial charge in [0.1, 0.15) is 10.7 Å². The first-order chi connectivity index (χ1) is 14.2. The van der Waals surface area contributed by atoms with Crippen LogP contribution >= 0.6 is 23.2 Å². The van der Waals surface area contributed by atoms with Gasteiger partial charge < -0.3 is 0 Å². The van der Waals surface area contributed by atoms with E-state index >= 15 is 0 Å². The zero-order valence-corrected chi connectivity index (χ0v) is 16.5. The molecular formula is C16H9Cl2F8N5. The van der Waals surface area contributed by atoms with Crippen molar-refractivity contribution in [1.82, 2.24) is 24.5 Å². The van der Waals surface area contributed by atoms with Gasteiger partial charge in [-0.1, -0.05) is 11.6 Å². The van der Waals surface area contributed by atoms with Crippen LogP contribution in [0.1, 0.15) is 16.8 Å². The second kappa shape index (κ2) is 7.62. The summed E-state index contributed by atoms with van der Waals surface area (Å²) in [5.41, 5.74) is -3.84. The van der Waals surface area contributed by atoms with Crippen LogP contribution in [-0.4, -0.2) is 30.7 Å². The Bertz CT molecular complexity index is 1120. The van der Waals surface area contributed by atoms with Crippen LogP contribution in [0.5, 0.6) is 0 Å². The van der Waals surface area contributed by atoms with Crippen molar-refractivity contribution in [2.24, 2.45) is 7.05 Å². The molecule has 168 valence electrons. The maximum atomic E-state index is 13.8. The van der Waals surface area contributed by atoms with E-state index in [1.807, 2.05) is 0 Å². The smallest absolute Gasteiger partial charge is 0.250 e. The predicted molar refractivity (Wildman–Crippen MR) is 93.1 cm³/mol. The van der Waals surface area contributed by atoms with Crippen molar-refractivity contribution in [1.29, 1.82) is 0 Å². The van der Waals surface area contributed by atoms with Gasteiger partial charge in [0.15, 0.2) is 11.5 Å². The average Bonchev–Trinajstić information content (AvgIpc) is 3.25. The molecule has 3 rings (SSSR count). The molecule has 0 spiro atoms. The van der Waals surface area contributed by atoms with Gasteiger partial charge in [-0.25, -0.2) is 14.3 Å². The van der Waals surface area contributed by atoms with Crippen molar-refractivity contribution >= 4 is 23.2 Å². The van der Waals surface area contributed by atoms with Gasteiger partial charge in [0.05, 0.1) is 12.1 Å². The van der Waals surface area contributed by atoms with Crippen LogP contribution in [-0.2, 0) is 25.0 Å². The van der Waals surface area contributed by atoms with Crippen LogP contribution in [0.2, 0.25) is 5.15 Å². The molecule has 0 fully saturated rings. The van der Waals surface area contributed by atoms with Crippen LogP contribution in [0.15, 0.2) is 24.7 Å². The molecule has 3 aromatic heterocycles. The van der Waals surface area contributed by atoms with Gasteiger partial charge in [-0.15, -0.1) is 11.6 Å². The molecule has 0 saturated heterocycles. The summed E-state index contributed by atoms with van der Waals surface area (Å²) in [4.78, 5) is 3.87. The van der Waals surface area contributed by atoms with E-state index in [-0.39, 0.29) is 21.3 Å². The average molecular weight is 494 g/mol. The van der Waals surface area contributed by atoms with E-state index in [2.05, 4.69) is 15.2 Å². The minimum Gasteiger partial charge on any atom is -0.250 e. The molecule has 3 aromatic rings. The summed E-state index contributed by atoms with van der Waals surface area (Å²) in [6.07, 6.45) is -8.56. The van der Waals surface area contributed by atoms with E-state index in [0.717, 1.165) is 19.4 Å². The first-order valence-electron chi connectivity index (χ1n) is 8.03. The summed E-state index contributed by atoms with van der Waals surface area (Å²) in [7, 11) is 0.789. The first-order valence-corrected chi connectivity index (χ1v) is 8.94. The standard InChI is InChI=1S/C16H9Cl2F8N5/c1-30-13(10(15(21,22)23)11(29-30)14(19,20)16(24,25)26)31-6-9(5-28-31)8-2-7(3-17)12(18)27-4-8/h2,4-6H,3H2,1H3. The number of pyridine rings is 1. The minimum atomic E-state index is -6.29. The lowest BCUT2D eigenvalue weighted by molar-refractivity contribution is -0.292. The highest BCUT2D eigenvalue weighted by Crippen LogP contribution is 2.49. The van der Waals surface area contributed by atoms with Crippen molar-refractivity contribution in [3.05, 3.63) is 46.6 Å². The van der Waals surface area contributed by atoms with E-state index in [1.54, 1.807) is 0 Å². The van der Waals surface area contributed by atoms with Gasteiger partial charge in [0.2, 0.25) is 0 Å². The molecular weight excluding hydrogens is 485 g/mol. The van der Waals surface area contributed by atoms with Gasteiger partial charge in [-0.2, -0.15) is 45.3 Å². The zero-order valence-electron chi connectivity index (χ0n) is 15.0. The Morgan fingerprint density at radius 3 is 2.19 bits per heavy atom. The lowest BCUT2D eigenvalue weighted by atomic mass is 10.1. The summed E-state index contributed by atoms with van der Waals surface area (Å²) >= 11 is 11.6. The molecule has 0 amide bonds. The number of nitrogens with zero attached hydrogens (tertiary/aromatic N) is 5. The monoisotopic (exact) mass is 493 g/mol. The summed E-state index contributed by atoms with van der Waals surface area (Å²) < 4.78 is 107. The number of alkyl halides is 9. The summed E-state index contributed by atoms with van der Waals surface area (Å²) in [6.45, 7) is 0. The van der Waals surface area contributed by atoms with Gasteiger partial charge in [0, 0.05) is 36.1 Å². The summed E-state index contributed by atoms with van der Waals surface area (Å²) in [6, 6.07) is 1.47. The van der Waals surface area contributed by atoms with E-state index in [1.165, 1.54) is 12.3 Å². The van der Waals surface area contributed by atoms with Crippen LogP contribution in [0.25, 0.3) is 16.9 Å². The molecule has 0 aliphatic rings. The zero-order chi connectivity index (χ0) is 23.4. The number of aryl methyl sites for hydroxylation is 1. The number of rotatable bonds is 4. The Morgan fingerprint density at radius 2 is 1.65 bits per heavy atom. The SMILES string of the molecule is Cn1nc(C(F)(F)C(F)(F)F)c(C(F)(F)F)c1-n1cc(-c2cnc(Cl)c(CCl)c2)cn1. The third kappa shape index (κ3) is 4.07. The molecule has 15 heteroatoms. The predicted octanol–water partition coefficient (Wildman–Crippen LogP) is 5.73. The quantitative estimate of drug-likeness (QED) is 0.265. The Labute approximate surface area is 178 Å². The van der Waals surface area contributed by atoms with E-state index in [0.29, 0.717) is 15.8 Å². The van der Waals surface area contributed by atoms with E-state index in [4.69, 9.17) is 23.2 Å². The highest BCUT2D eigenvalue weighted by Gasteiger charge is 2.64. The fourth-order valence-corrected chi connectivity index (χ4v) is 3.17. The summed E-state index contributed by atoms with van der Waals surface area (Å²) in [5, 5.41) is 6.59. The third-order valence-corrected chi connectivity index (χ3v) is 4.77. The summed E-state index contributed by atoms with van der Waals surface area (Å²) in [5.74, 6) is -7.00. The van der Waals surface area contributed by atoms with Crippen molar-refractivity contribution in [3.8, 4) is 16.9 Å². The molecule has 0 aliphatic carbocycles. The molecule has 0 unspecified atom stereocenters. The van der Waals surface area contributed by atoms with Crippen LogP contribution in [0.3, 0.4) is 0 Å². The van der Waals surface area contributed by atoms with Crippen molar-refractivity contribution in [3.63, 3.8) is 0 Å². The highest BCUT2D eigenvalue weighted by molar-refractivity contribution is 6.31. The second-order valence-corrected chi connectivity index (χ2v) is 6.85. The molecule has 31 heavy (non-hydrogen) atoms. The fourth-order valence-electron chi connectivity index (χ4n) is 2.73. The molecule has 0 bridgehead atoms. The second-order valence-electron chi connectivity index (χ2n) is 6.22. The lowest BCUT2D eigenvalue weighted by Gasteiger charge is -2.19. The Kier molecular flexibility index (Phi) is 5.72. The van der Waals surface area contributed by atoms with Crippen molar-refractivity contribution in [2.45, 2.75) is 24.2 Å². The molecule has 0 aliphatic heterocycles. The highest BCUT2D eigenvalue weighted by atomic mass is 35.5. The largest absolute Gasteiger partial charge is 0.459 e. The molecule has 0 radical (unpaired) electrons. The van der Waals surface area contributed by atoms with Crippen molar-refractivity contribution < 1.29 is 35.1 Å². The topological polar surface area (TPSA) is 48.5 Å². The molecule has 3 heterocycles. The molecule has 5 nitrogen and oxygen atoms in total. The van der Waals surface area contributed by atoms with Gasteiger partial charge in [-0.3, -0.25) is 0 Å². The van der Waals surface area contributed by atoms with Crippen molar-refractivity contribution in [2.75, 3.05) is 0 Å². The van der Waals surface area contributed by atoms with Crippen LogP contribution in [0.4, 0.5) is 35.1 Å². The number of hydrogen-bond acceptors (Lipinski definition) is 3. The van der Waals surface area contributed by atoms with Gasteiger partial charge in [0.25, 0.3) is 0 Å².